The fourth-order valence-corrected chi connectivity index (χ4v) is 5.17. The van der Waals surface area contributed by atoms with E-state index in [1.165, 1.54) is 11.1 Å². The van der Waals surface area contributed by atoms with Gasteiger partial charge in [-0.1, -0.05) is 57.5 Å². The van der Waals surface area contributed by atoms with E-state index >= 15 is 0 Å². The summed E-state index contributed by atoms with van der Waals surface area (Å²) in [5.74, 6) is 0.534. The van der Waals surface area contributed by atoms with Crippen molar-refractivity contribution in [2.75, 3.05) is 6.61 Å². The maximum absolute atomic E-state index is 12.2. The van der Waals surface area contributed by atoms with Gasteiger partial charge in [0.05, 0.1) is 12.0 Å². The number of aryl methyl sites for hydroxylation is 1. The van der Waals surface area contributed by atoms with Crippen LogP contribution < -0.4 is 9.47 Å². The molecular formula is C28H36O5. The van der Waals surface area contributed by atoms with Crippen molar-refractivity contribution >= 4 is 5.97 Å². The van der Waals surface area contributed by atoms with Crippen molar-refractivity contribution in [3.05, 3.63) is 59.2 Å². The Balaban J connectivity index is 1.59. The average Bonchev–Trinajstić information content (AvgIpc) is 2.78. The summed E-state index contributed by atoms with van der Waals surface area (Å²) in [5.41, 5.74) is 2.93. The molecule has 0 aliphatic carbocycles. The molecule has 0 saturated carbocycles. The standard InChI is InChI=1S/C28H36O5/c1-6-8-19-9-7-10-21-25(19)33-28(4,5)23-15-22(27(29)30)24(32-26(21)23)16-31-20-13-11-18(12-14-20)17(2)3/h7,9-14,17,22-24,26H,6,8,15-16H2,1-5H3,(H,29,30)/t22-,23+,24+,26-/m1/s1. The van der Waals surface area contributed by atoms with Crippen LogP contribution >= 0.6 is 0 Å². The molecule has 33 heavy (non-hydrogen) atoms. The third-order valence-corrected chi connectivity index (χ3v) is 7.13. The summed E-state index contributed by atoms with van der Waals surface area (Å²) in [7, 11) is 0. The number of aliphatic carboxylic acids is 1. The summed E-state index contributed by atoms with van der Waals surface area (Å²) in [6.07, 6.45) is 1.71. The van der Waals surface area contributed by atoms with Gasteiger partial charge in [-0.3, -0.25) is 4.79 Å². The lowest BCUT2D eigenvalue weighted by Gasteiger charge is -2.50. The van der Waals surface area contributed by atoms with Gasteiger partial charge in [-0.15, -0.1) is 0 Å². The van der Waals surface area contributed by atoms with Gasteiger partial charge in [0.1, 0.15) is 29.8 Å². The Morgan fingerprint density at radius 1 is 1.18 bits per heavy atom. The number of benzene rings is 2. The molecule has 178 valence electrons. The highest BCUT2D eigenvalue weighted by molar-refractivity contribution is 5.71. The van der Waals surface area contributed by atoms with Crippen LogP contribution in [0.25, 0.3) is 0 Å². The summed E-state index contributed by atoms with van der Waals surface area (Å²) >= 11 is 0. The van der Waals surface area contributed by atoms with Crippen LogP contribution in [0.5, 0.6) is 11.5 Å². The van der Waals surface area contributed by atoms with E-state index in [0.29, 0.717) is 12.3 Å². The molecule has 2 aliphatic rings. The summed E-state index contributed by atoms with van der Waals surface area (Å²) in [5, 5.41) is 10.00. The summed E-state index contributed by atoms with van der Waals surface area (Å²) in [6, 6.07) is 14.2. The zero-order valence-corrected chi connectivity index (χ0v) is 20.3. The van der Waals surface area contributed by atoms with Crippen molar-refractivity contribution < 1.29 is 24.1 Å². The number of para-hydroxylation sites is 1. The van der Waals surface area contributed by atoms with Gasteiger partial charge < -0.3 is 19.3 Å². The van der Waals surface area contributed by atoms with Gasteiger partial charge in [0.2, 0.25) is 0 Å². The lowest BCUT2D eigenvalue weighted by molar-refractivity contribution is -0.192. The number of fused-ring (bicyclic) bond motifs is 3. The number of hydrogen-bond donors (Lipinski definition) is 1. The lowest BCUT2D eigenvalue weighted by atomic mass is 9.71. The van der Waals surface area contributed by atoms with Crippen LogP contribution in [0, 0.1) is 11.8 Å². The predicted molar refractivity (Wildman–Crippen MR) is 128 cm³/mol. The first-order valence-corrected chi connectivity index (χ1v) is 12.1. The topological polar surface area (TPSA) is 65.0 Å². The fraction of sp³-hybridized carbons (Fsp3) is 0.536. The molecule has 2 heterocycles. The highest BCUT2D eigenvalue weighted by atomic mass is 16.6. The van der Waals surface area contributed by atoms with Crippen LogP contribution in [0.15, 0.2) is 42.5 Å². The molecule has 0 aromatic heterocycles. The Hall–Kier alpha value is -2.53. The first-order valence-electron chi connectivity index (χ1n) is 12.1. The van der Waals surface area contributed by atoms with E-state index in [-0.39, 0.29) is 18.6 Å². The van der Waals surface area contributed by atoms with E-state index in [2.05, 4.69) is 51.1 Å². The van der Waals surface area contributed by atoms with Crippen LogP contribution in [-0.4, -0.2) is 29.4 Å². The highest BCUT2D eigenvalue weighted by Gasteiger charge is 2.52. The van der Waals surface area contributed by atoms with Crippen LogP contribution in [0.4, 0.5) is 0 Å². The molecule has 1 N–H and O–H groups in total. The Labute approximate surface area is 197 Å². The zero-order chi connectivity index (χ0) is 23.8. The van der Waals surface area contributed by atoms with Gasteiger partial charge in [0, 0.05) is 11.5 Å². The summed E-state index contributed by atoms with van der Waals surface area (Å²) < 4.78 is 19.1. The average molecular weight is 453 g/mol. The Kier molecular flexibility index (Phi) is 6.71. The van der Waals surface area contributed by atoms with Crippen molar-refractivity contribution in [2.45, 2.75) is 77.6 Å². The number of hydrogen-bond acceptors (Lipinski definition) is 4. The van der Waals surface area contributed by atoms with Gasteiger partial charge in [-0.05, 0) is 55.9 Å². The molecule has 0 unspecified atom stereocenters. The molecule has 2 aromatic carbocycles. The Morgan fingerprint density at radius 3 is 2.55 bits per heavy atom. The van der Waals surface area contributed by atoms with Crippen molar-refractivity contribution in [3.63, 3.8) is 0 Å². The van der Waals surface area contributed by atoms with Gasteiger partial charge in [0.15, 0.2) is 0 Å². The first-order chi connectivity index (χ1) is 15.7. The van der Waals surface area contributed by atoms with E-state index in [1.54, 1.807) is 0 Å². The fourth-order valence-electron chi connectivity index (χ4n) is 5.17. The van der Waals surface area contributed by atoms with E-state index in [1.807, 2.05) is 26.0 Å². The normalized spacial score (nSPS) is 25.6. The van der Waals surface area contributed by atoms with Gasteiger partial charge >= 0.3 is 5.97 Å². The van der Waals surface area contributed by atoms with Gasteiger partial charge in [-0.2, -0.15) is 0 Å². The molecule has 5 heteroatoms. The summed E-state index contributed by atoms with van der Waals surface area (Å²) in [4.78, 5) is 12.2. The largest absolute Gasteiger partial charge is 0.491 e. The quantitative estimate of drug-likeness (QED) is 0.545. The first kappa shape index (κ1) is 23.6. The van der Waals surface area contributed by atoms with Crippen LogP contribution in [0.2, 0.25) is 0 Å². The molecular weight excluding hydrogens is 416 g/mol. The minimum atomic E-state index is -0.849. The van der Waals surface area contributed by atoms with Crippen LogP contribution in [0.1, 0.15) is 76.2 Å². The van der Waals surface area contributed by atoms with Gasteiger partial charge in [0.25, 0.3) is 0 Å². The second-order valence-electron chi connectivity index (χ2n) is 10.2. The smallest absolute Gasteiger partial charge is 0.309 e. The minimum absolute atomic E-state index is 0.0513. The Morgan fingerprint density at radius 2 is 1.91 bits per heavy atom. The number of rotatable bonds is 7. The van der Waals surface area contributed by atoms with E-state index in [9.17, 15) is 9.90 Å². The molecule has 4 atom stereocenters. The lowest BCUT2D eigenvalue weighted by Crippen LogP contribution is -2.53. The minimum Gasteiger partial charge on any atom is -0.491 e. The number of carboxylic acids is 1. The molecule has 4 rings (SSSR count). The predicted octanol–water partition coefficient (Wildman–Crippen LogP) is 6.16. The summed E-state index contributed by atoms with van der Waals surface area (Å²) in [6.45, 7) is 10.8. The number of ether oxygens (including phenoxy) is 3. The maximum atomic E-state index is 12.2. The zero-order valence-electron chi connectivity index (χ0n) is 20.3. The molecule has 0 bridgehead atoms. The monoisotopic (exact) mass is 452 g/mol. The number of carboxylic acid groups (broad SMARTS) is 1. The van der Waals surface area contributed by atoms with Gasteiger partial charge in [-0.25, -0.2) is 0 Å². The molecule has 0 radical (unpaired) electrons. The molecule has 0 spiro atoms. The molecule has 2 aliphatic heterocycles. The molecule has 1 fully saturated rings. The van der Waals surface area contributed by atoms with E-state index < -0.39 is 23.6 Å². The number of carbonyl (C=O) groups is 1. The van der Waals surface area contributed by atoms with Crippen LogP contribution in [0.3, 0.4) is 0 Å². The van der Waals surface area contributed by atoms with Crippen molar-refractivity contribution in [3.8, 4) is 11.5 Å². The second kappa shape index (κ2) is 9.38. The third kappa shape index (κ3) is 4.74. The van der Waals surface area contributed by atoms with Crippen LogP contribution in [-0.2, 0) is 16.0 Å². The Bertz CT molecular complexity index is 978. The van der Waals surface area contributed by atoms with Crippen molar-refractivity contribution in [1.82, 2.24) is 0 Å². The highest BCUT2D eigenvalue weighted by Crippen LogP contribution is 2.53. The van der Waals surface area contributed by atoms with Crippen molar-refractivity contribution in [1.29, 1.82) is 0 Å². The second-order valence-corrected chi connectivity index (χ2v) is 10.2. The van der Waals surface area contributed by atoms with E-state index in [0.717, 1.165) is 29.9 Å². The molecule has 0 amide bonds. The maximum Gasteiger partial charge on any atom is 0.309 e. The SMILES string of the molecule is CCCc1cccc2c1OC(C)(C)[C@H]1C[C@@H](C(=O)O)[C@H](COc3ccc(C(C)C)cc3)O[C@H]21. The van der Waals surface area contributed by atoms with Crippen molar-refractivity contribution in [2.24, 2.45) is 11.8 Å². The third-order valence-electron chi connectivity index (χ3n) is 7.13. The molecule has 2 aromatic rings. The molecule has 5 nitrogen and oxygen atoms in total. The van der Waals surface area contributed by atoms with E-state index in [4.69, 9.17) is 14.2 Å². The molecule has 1 saturated heterocycles.